The summed E-state index contributed by atoms with van der Waals surface area (Å²) in [6.07, 6.45) is 5.23. The number of nitrogens with one attached hydrogen (secondary N) is 2. The fraction of sp³-hybridized carbons (Fsp3) is 0.917. The molecule has 0 saturated heterocycles. The molecule has 1 saturated carbocycles. The Morgan fingerprint density at radius 2 is 2.06 bits per heavy atom. The monoisotopic (exact) mass is 227 g/mol. The van der Waals surface area contributed by atoms with Crippen molar-refractivity contribution in [1.82, 2.24) is 10.6 Å². The molecular weight excluding hydrogens is 202 g/mol. The van der Waals surface area contributed by atoms with Gasteiger partial charge in [-0.1, -0.05) is 12.8 Å². The Hall–Kier alpha value is -0.770. The van der Waals surface area contributed by atoms with Crippen LogP contribution in [0.4, 0.5) is 0 Å². The molecule has 1 rings (SSSR count). The zero-order valence-electron chi connectivity index (χ0n) is 10.6. The molecule has 2 N–H and O–H groups in total. The van der Waals surface area contributed by atoms with E-state index in [2.05, 4.69) is 22.5 Å². The molecule has 1 aliphatic rings. The molecule has 94 valence electrons. The van der Waals surface area contributed by atoms with Crippen molar-refractivity contribution in [1.29, 1.82) is 0 Å². The summed E-state index contributed by atoms with van der Waals surface area (Å²) in [6, 6.07) is 0.616. The van der Waals surface area contributed by atoms with Gasteiger partial charge in [-0.15, -0.1) is 0 Å². The number of hydrogen-bond donors (Lipinski definition) is 2. The van der Waals surface area contributed by atoms with Crippen LogP contribution in [0.1, 0.15) is 39.5 Å². The Kier molecular flexibility index (Phi) is 6.97. The average molecular weight is 227 g/mol. The van der Waals surface area contributed by atoms with E-state index in [0.717, 1.165) is 25.7 Å². The summed E-state index contributed by atoms with van der Waals surface area (Å²) in [4.78, 5) is 4.48. The van der Waals surface area contributed by atoms with Crippen LogP contribution in [0.3, 0.4) is 0 Å². The van der Waals surface area contributed by atoms with Crippen LogP contribution in [0.5, 0.6) is 0 Å². The molecule has 1 aliphatic carbocycles. The zero-order valence-corrected chi connectivity index (χ0v) is 10.6. The molecule has 0 spiro atoms. The first kappa shape index (κ1) is 13.3. The van der Waals surface area contributed by atoms with Gasteiger partial charge >= 0.3 is 0 Å². The van der Waals surface area contributed by atoms with Crippen molar-refractivity contribution in [2.45, 2.75) is 45.6 Å². The first-order valence-corrected chi connectivity index (χ1v) is 6.49. The molecule has 0 aromatic rings. The molecule has 4 heteroatoms. The molecule has 0 radical (unpaired) electrons. The Morgan fingerprint density at radius 1 is 1.31 bits per heavy atom. The predicted molar refractivity (Wildman–Crippen MR) is 67.9 cm³/mol. The number of rotatable bonds is 6. The lowest BCUT2D eigenvalue weighted by molar-refractivity contribution is 0.155. The van der Waals surface area contributed by atoms with Crippen molar-refractivity contribution in [2.75, 3.05) is 26.3 Å². The molecule has 0 aliphatic heterocycles. The fourth-order valence-corrected chi connectivity index (χ4v) is 1.95. The van der Waals surface area contributed by atoms with E-state index >= 15 is 0 Å². The van der Waals surface area contributed by atoms with Crippen LogP contribution in [0.25, 0.3) is 0 Å². The third-order valence-corrected chi connectivity index (χ3v) is 2.75. The van der Waals surface area contributed by atoms with Gasteiger partial charge in [-0.3, -0.25) is 4.99 Å². The molecule has 0 heterocycles. The Labute approximate surface area is 98.9 Å². The van der Waals surface area contributed by atoms with Crippen LogP contribution in [0.2, 0.25) is 0 Å². The van der Waals surface area contributed by atoms with Crippen molar-refractivity contribution in [3.05, 3.63) is 0 Å². The van der Waals surface area contributed by atoms with E-state index in [9.17, 15) is 0 Å². The van der Waals surface area contributed by atoms with Gasteiger partial charge in [-0.05, 0) is 26.7 Å². The summed E-state index contributed by atoms with van der Waals surface area (Å²) in [7, 11) is 0. The van der Waals surface area contributed by atoms with Gasteiger partial charge in [0.1, 0.15) is 0 Å². The van der Waals surface area contributed by atoms with E-state index in [4.69, 9.17) is 4.74 Å². The summed E-state index contributed by atoms with van der Waals surface area (Å²) >= 11 is 0. The molecule has 0 atom stereocenters. The lowest BCUT2D eigenvalue weighted by Crippen LogP contribution is -2.42. The standard InChI is InChI=1S/C12H25N3O/c1-3-13-12(14-9-10-16-4-2)15-11-7-5-6-8-11/h11H,3-10H2,1-2H3,(H2,13,14,15). The number of guanidine groups is 1. The highest BCUT2D eigenvalue weighted by Crippen LogP contribution is 2.17. The maximum atomic E-state index is 5.27. The van der Waals surface area contributed by atoms with Crippen LogP contribution in [0.15, 0.2) is 4.99 Å². The summed E-state index contributed by atoms with van der Waals surface area (Å²) in [5.74, 6) is 0.939. The normalized spacial score (nSPS) is 17.8. The summed E-state index contributed by atoms with van der Waals surface area (Å²) in [5.41, 5.74) is 0. The molecule has 4 nitrogen and oxygen atoms in total. The smallest absolute Gasteiger partial charge is 0.191 e. The molecule has 0 amide bonds. The van der Waals surface area contributed by atoms with Crippen LogP contribution in [-0.4, -0.2) is 38.3 Å². The molecule has 0 aromatic heterocycles. The molecular formula is C12H25N3O. The van der Waals surface area contributed by atoms with Crippen molar-refractivity contribution in [2.24, 2.45) is 4.99 Å². The van der Waals surface area contributed by atoms with Gasteiger partial charge in [0.2, 0.25) is 0 Å². The third kappa shape index (κ3) is 5.35. The SMILES string of the molecule is CCNC(=NCCOCC)NC1CCCC1. The molecule has 0 bridgehead atoms. The first-order chi connectivity index (χ1) is 7.86. The second-order valence-electron chi connectivity index (χ2n) is 4.08. The van der Waals surface area contributed by atoms with E-state index in [-0.39, 0.29) is 0 Å². The number of nitrogens with zero attached hydrogens (tertiary/aromatic N) is 1. The second kappa shape index (κ2) is 8.39. The number of aliphatic imine (C=N–C) groups is 1. The second-order valence-corrected chi connectivity index (χ2v) is 4.08. The first-order valence-electron chi connectivity index (χ1n) is 6.49. The van der Waals surface area contributed by atoms with Crippen LogP contribution < -0.4 is 10.6 Å². The van der Waals surface area contributed by atoms with Crippen LogP contribution in [-0.2, 0) is 4.74 Å². The molecule has 0 unspecified atom stereocenters. The highest BCUT2D eigenvalue weighted by molar-refractivity contribution is 5.80. The van der Waals surface area contributed by atoms with Crippen LogP contribution in [0, 0.1) is 0 Å². The molecule has 1 fully saturated rings. The Bertz CT molecular complexity index is 200. The van der Waals surface area contributed by atoms with Crippen molar-refractivity contribution >= 4 is 5.96 Å². The lowest BCUT2D eigenvalue weighted by atomic mass is 10.2. The van der Waals surface area contributed by atoms with Gasteiger partial charge in [0.25, 0.3) is 0 Å². The third-order valence-electron chi connectivity index (χ3n) is 2.75. The van der Waals surface area contributed by atoms with E-state index in [1.807, 2.05) is 6.92 Å². The molecule has 0 aromatic carbocycles. The number of hydrogen-bond acceptors (Lipinski definition) is 2. The summed E-state index contributed by atoms with van der Waals surface area (Å²) in [6.45, 7) is 7.21. The van der Waals surface area contributed by atoms with Crippen molar-refractivity contribution < 1.29 is 4.74 Å². The molecule has 16 heavy (non-hydrogen) atoms. The minimum absolute atomic E-state index is 0.616. The highest BCUT2D eigenvalue weighted by atomic mass is 16.5. The quantitative estimate of drug-likeness (QED) is 0.411. The van der Waals surface area contributed by atoms with E-state index < -0.39 is 0 Å². The summed E-state index contributed by atoms with van der Waals surface area (Å²) in [5, 5.41) is 6.75. The van der Waals surface area contributed by atoms with Gasteiger partial charge in [-0.25, -0.2) is 0 Å². The van der Waals surface area contributed by atoms with Gasteiger partial charge in [0.15, 0.2) is 5.96 Å². The van der Waals surface area contributed by atoms with Gasteiger partial charge in [0.05, 0.1) is 13.2 Å². The van der Waals surface area contributed by atoms with E-state index in [1.165, 1.54) is 25.7 Å². The van der Waals surface area contributed by atoms with Gasteiger partial charge in [-0.2, -0.15) is 0 Å². The van der Waals surface area contributed by atoms with Crippen LogP contribution >= 0.6 is 0 Å². The van der Waals surface area contributed by atoms with Crippen molar-refractivity contribution in [3.63, 3.8) is 0 Å². The fourth-order valence-electron chi connectivity index (χ4n) is 1.95. The highest BCUT2D eigenvalue weighted by Gasteiger charge is 2.15. The van der Waals surface area contributed by atoms with E-state index in [0.29, 0.717) is 12.6 Å². The Morgan fingerprint density at radius 3 is 2.69 bits per heavy atom. The van der Waals surface area contributed by atoms with Gasteiger partial charge < -0.3 is 15.4 Å². The average Bonchev–Trinajstić information content (AvgIpc) is 2.77. The van der Waals surface area contributed by atoms with E-state index in [1.54, 1.807) is 0 Å². The maximum absolute atomic E-state index is 5.27. The van der Waals surface area contributed by atoms with Gasteiger partial charge in [0, 0.05) is 19.2 Å². The zero-order chi connectivity index (χ0) is 11.6. The minimum Gasteiger partial charge on any atom is -0.380 e. The topological polar surface area (TPSA) is 45.7 Å². The van der Waals surface area contributed by atoms with Crippen molar-refractivity contribution in [3.8, 4) is 0 Å². The predicted octanol–water partition coefficient (Wildman–Crippen LogP) is 1.52. The lowest BCUT2D eigenvalue weighted by Gasteiger charge is -2.16. The maximum Gasteiger partial charge on any atom is 0.191 e. The number of ether oxygens (including phenoxy) is 1. The largest absolute Gasteiger partial charge is 0.380 e. The summed E-state index contributed by atoms with van der Waals surface area (Å²) < 4.78 is 5.27. The minimum atomic E-state index is 0.616. The Balaban J connectivity index is 2.27.